The van der Waals surface area contributed by atoms with Gasteiger partial charge >= 0.3 is 0 Å². The quantitative estimate of drug-likeness (QED) is 0.921. The Hall–Kier alpha value is -1.55. The lowest BCUT2D eigenvalue weighted by molar-refractivity contribution is 0.269. The smallest absolute Gasteiger partial charge is 0.203 e. The predicted molar refractivity (Wildman–Crippen MR) is 74.6 cm³/mol. The van der Waals surface area contributed by atoms with Crippen LogP contribution in [-0.4, -0.2) is 25.2 Å². The van der Waals surface area contributed by atoms with Crippen molar-refractivity contribution in [1.29, 1.82) is 0 Å². The van der Waals surface area contributed by atoms with Gasteiger partial charge in [0.15, 0.2) is 5.58 Å². The largest absolute Gasteiger partial charge is 0.497 e. The van der Waals surface area contributed by atoms with Crippen LogP contribution in [0.4, 0.5) is 0 Å². The van der Waals surface area contributed by atoms with Crippen LogP contribution in [0, 0.1) is 5.92 Å². The Bertz CT molecular complexity index is 583. The third kappa shape index (κ3) is 1.91. The number of nitrogens with one attached hydrogen (secondary N) is 1. The second-order valence-electron chi connectivity index (χ2n) is 5.59. The molecule has 1 aromatic heterocycles. The van der Waals surface area contributed by atoms with E-state index in [-0.39, 0.29) is 5.41 Å². The fraction of sp³-hybridized carbons (Fsp3) is 0.533. The number of fused-ring (bicyclic) bond motifs is 1. The maximum atomic E-state index is 6.03. The summed E-state index contributed by atoms with van der Waals surface area (Å²) in [5.41, 5.74) is 1.73. The van der Waals surface area contributed by atoms with Gasteiger partial charge in [-0.15, -0.1) is 0 Å². The molecule has 102 valence electrons. The minimum atomic E-state index is 0.0201. The van der Waals surface area contributed by atoms with E-state index in [9.17, 15) is 0 Å². The molecule has 1 N–H and O–H groups in total. The van der Waals surface area contributed by atoms with Gasteiger partial charge in [-0.05, 0) is 31.0 Å². The van der Waals surface area contributed by atoms with Crippen molar-refractivity contribution in [2.75, 3.05) is 20.2 Å². The van der Waals surface area contributed by atoms with Crippen molar-refractivity contribution in [2.45, 2.75) is 25.7 Å². The molecule has 0 bridgehead atoms. The Morgan fingerprint density at radius 2 is 2.26 bits per heavy atom. The molecule has 0 amide bonds. The van der Waals surface area contributed by atoms with Crippen LogP contribution in [-0.2, 0) is 5.41 Å². The molecule has 1 unspecified atom stereocenters. The first-order chi connectivity index (χ1) is 9.15. The van der Waals surface area contributed by atoms with Crippen LogP contribution >= 0.6 is 0 Å². The molecule has 1 aliphatic rings. The van der Waals surface area contributed by atoms with Crippen LogP contribution < -0.4 is 10.1 Å². The average molecular weight is 260 g/mol. The number of hydrogen-bond acceptors (Lipinski definition) is 4. The maximum absolute atomic E-state index is 6.03. The molecule has 0 radical (unpaired) electrons. The van der Waals surface area contributed by atoms with Gasteiger partial charge in [-0.2, -0.15) is 0 Å². The highest BCUT2D eigenvalue weighted by Crippen LogP contribution is 2.39. The number of methoxy groups -OCH3 is 1. The molecule has 4 nitrogen and oxygen atoms in total. The summed E-state index contributed by atoms with van der Waals surface area (Å²) in [6, 6.07) is 5.78. The molecule has 2 heterocycles. The number of hydrogen-bond donors (Lipinski definition) is 1. The number of rotatable bonds is 3. The number of nitrogens with zero attached hydrogens (tertiary/aromatic N) is 1. The zero-order valence-electron chi connectivity index (χ0n) is 11.7. The summed E-state index contributed by atoms with van der Waals surface area (Å²) in [4.78, 5) is 4.70. The van der Waals surface area contributed by atoms with E-state index in [0.717, 1.165) is 42.3 Å². The summed E-state index contributed by atoms with van der Waals surface area (Å²) in [6.07, 6.45) is 1.08. The van der Waals surface area contributed by atoms with Crippen LogP contribution in [0.3, 0.4) is 0 Å². The zero-order valence-corrected chi connectivity index (χ0v) is 11.7. The van der Waals surface area contributed by atoms with Gasteiger partial charge in [-0.3, -0.25) is 0 Å². The lowest BCUT2D eigenvalue weighted by atomic mass is 9.76. The lowest BCUT2D eigenvalue weighted by Gasteiger charge is -2.28. The van der Waals surface area contributed by atoms with E-state index in [2.05, 4.69) is 19.2 Å². The summed E-state index contributed by atoms with van der Waals surface area (Å²) in [6.45, 7) is 6.44. The third-order valence-electron chi connectivity index (χ3n) is 4.32. The number of ether oxygens (including phenoxy) is 1. The first-order valence-corrected chi connectivity index (χ1v) is 6.81. The lowest BCUT2D eigenvalue weighted by Crippen LogP contribution is -2.35. The standard InChI is InChI=1S/C15H20N2O2/c1-10(2)15(6-7-16-9-15)14-17-12-5-4-11(18-3)8-13(12)19-14/h4-5,8,10,16H,6-7,9H2,1-3H3. The highest BCUT2D eigenvalue weighted by molar-refractivity contribution is 5.74. The van der Waals surface area contributed by atoms with Crippen LogP contribution in [0.2, 0.25) is 0 Å². The topological polar surface area (TPSA) is 47.3 Å². The van der Waals surface area contributed by atoms with E-state index >= 15 is 0 Å². The van der Waals surface area contributed by atoms with E-state index in [1.54, 1.807) is 7.11 Å². The van der Waals surface area contributed by atoms with Crippen molar-refractivity contribution < 1.29 is 9.15 Å². The highest BCUT2D eigenvalue weighted by atomic mass is 16.5. The molecule has 1 atom stereocenters. The normalized spacial score (nSPS) is 23.4. The molecular formula is C15H20N2O2. The average Bonchev–Trinajstić information content (AvgIpc) is 3.04. The molecule has 2 aromatic rings. The molecule has 1 aliphatic heterocycles. The Kier molecular flexibility index (Phi) is 2.97. The summed E-state index contributed by atoms with van der Waals surface area (Å²) >= 11 is 0. The van der Waals surface area contributed by atoms with Gasteiger partial charge < -0.3 is 14.5 Å². The van der Waals surface area contributed by atoms with Gasteiger partial charge in [-0.25, -0.2) is 4.98 Å². The maximum Gasteiger partial charge on any atom is 0.203 e. The monoisotopic (exact) mass is 260 g/mol. The summed E-state index contributed by atoms with van der Waals surface area (Å²) in [5, 5.41) is 3.44. The molecule has 19 heavy (non-hydrogen) atoms. The molecule has 1 fully saturated rings. The second kappa shape index (κ2) is 4.53. The van der Waals surface area contributed by atoms with Crippen molar-refractivity contribution in [3.63, 3.8) is 0 Å². The summed E-state index contributed by atoms with van der Waals surface area (Å²) in [5.74, 6) is 2.16. The Labute approximate surface area is 113 Å². The van der Waals surface area contributed by atoms with E-state index < -0.39 is 0 Å². The van der Waals surface area contributed by atoms with Crippen molar-refractivity contribution in [3.05, 3.63) is 24.1 Å². The molecule has 3 rings (SSSR count). The van der Waals surface area contributed by atoms with E-state index in [1.165, 1.54) is 0 Å². The van der Waals surface area contributed by atoms with Crippen molar-refractivity contribution in [1.82, 2.24) is 10.3 Å². The highest BCUT2D eigenvalue weighted by Gasteiger charge is 2.43. The van der Waals surface area contributed by atoms with Crippen LogP contribution in [0.25, 0.3) is 11.1 Å². The molecule has 0 saturated carbocycles. The van der Waals surface area contributed by atoms with Gasteiger partial charge in [0.1, 0.15) is 11.3 Å². The fourth-order valence-corrected chi connectivity index (χ4v) is 2.88. The Morgan fingerprint density at radius 3 is 2.89 bits per heavy atom. The predicted octanol–water partition coefficient (Wildman–Crippen LogP) is 2.72. The summed E-state index contributed by atoms with van der Waals surface area (Å²) in [7, 11) is 1.66. The van der Waals surface area contributed by atoms with Crippen LogP contribution in [0.15, 0.2) is 22.6 Å². The van der Waals surface area contributed by atoms with Crippen LogP contribution in [0.1, 0.15) is 26.2 Å². The van der Waals surface area contributed by atoms with Gasteiger partial charge in [0.2, 0.25) is 5.89 Å². The Balaban J connectivity index is 2.09. The Morgan fingerprint density at radius 1 is 1.42 bits per heavy atom. The van der Waals surface area contributed by atoms with Crippen molar-refractivity contribution in [2.24, 2.45) is 5.92 Å². The van der Waals surface area contributed by atoms with Gasteiger partial charge in [0.05, 0.1) is 12.5 Å². The molecule has 1 saturated heterocycles. The number of oxazole rings is 1. The molecule has 4 heteroatoms. The molecule has 0 spiro atoms. The van der Waals surface area contributed by atoms with Gasteiger partial charge in [-0.1, -0.05) is 13.8 Å². The first kappa shape index (κ1) is 12.5. The molecule has 0 aliphatic carbocycles. The SMILES string of the molecule is COc1ccc2nc(C3(C(C)C)CCNC3)oc2c1. The molecule has 1 aromatic carbocycles. The first-order valence-electron chi connectivity index (χ1n) is 6.81. The fourth-order valence-electron chi connectivity index (χ4n) is 2.88. The number of benzene rings is 1. The van der Waals surface area contributed by atoms with Gasteiger partial charge in [0.25, 0.3) is 0 Å². The van der Waals surface area contributed by atoms with E-state index in [4.69, 9.17) is 14.1 Å². The zero-order chi connectivity index (χ0) is 13.5. The van der Waals surface area contributed by atoms with Gasteiger partial charge in [0, 0.05) is 12.6 Å². The van der Waals surface area contributed by atoms with E-state index in [0.29, 0.717) is 5.92 Å². The van der Waals surface area contributed by atoms with E-state index in [1.807, 2.05) is 18.2 Å². The summed E-state index contributed by atoms with van der Waals surface area (Å²) < 4.78 is 11.3. The molecular weight excluding hydrogens is 240 g/mol. The third-order valence-corrected chi connectivity index (χ3v) is 4.32. The minimum Gasteiger partial charge on any atom is -0.497 e. The minimum absolute atomic E-state index is 0.0201. The van der Waals surface area contributed by atoms with Crippen molar-refractivity contribution >= 4 is 11.1 Å². The number of aromatic nitrogens is 1. The second-order valence-corrected chi connectivity index (χ2v) is 5.59. The van der Waals surface area contributed by atoms with Crippen molar-refractivity contribution in [3.8, 4) is 5.75 Å². The van der Waals surface area contributed by atoms with Crippen LogP contribution in [0.5, 0.6) is 5.75 Å².